The molecule has 1 aliphatic rings. The Morgan fingerprint density at radius 2 is 2.24 bits per heavy atom. The van der Waals surface area contributed by atoms with Crippen LogP contribution in [0.2, 0.25) is 0 Å². The maximum Gasteiger partial charge on any atom is 0.254 e. The van der Waals surface area contributed by atoms with Gasteiger partial charge in [0.05, 0.1) is 24.4 Å². The van der Waals surface area contributed by atoms with E-state index >= 15 is 0 Å². The Morgan fingerprint density at radius 3 is 2.92 bits per heavy atom. The van der Waals surface area contributed by atoms with E-state index in [1.807, 2.05) is 13.8 Å². The van der Waals surface area contributed by atoms with E-state index in [1.54, 1.807) is 11.8 Å². The van der Waals surface area contributed by atoms with Crippen LogP contribution in [0.1, 0.15) is 36.1 Å². The highest BCUT2D eigenvalue weighted by Crippen LogP contribution is 2.22. The number of aryl methyl sites for hydroxylation is 3. The van der Waals surface area contributed by atoms with Crippen LogP contribution in [0.4, 0.5) is 4.39 Å². The van der Waals surface area contributed by atoms with Gasteiger partial charge in [-0.2, -0.15) is 9.37 Å². The minimum Gasteiger partial charge on any atom is -0.470 e. The maximum absolute atomic E-state index is 14.2. The monoisotopic (exact) mass is 348 g/mol. The number of likely N-dealkylation sites (tertiary alicyclic amines) is 1. The van der Waals surface area contributed by atoms with Gasteiger partial charge in [-0.05, 0) is 20.3 Å². The summed E-state index contributed by atoms with van der Waals surface area (Å²) in [4.78, 5) is 22.0. The number of aromatic nitrogens is 3. The lowest BCUT2D eigenvalue weighted by molar-refractivity contribution is -0.129. The molecular formula is C17H21FN4O3. The highest BCUT2D eigenvalue weighted by molar-refractivity contribution is 5.79. The lowest BCUT2D eigenvalue weighted by Gasteiger charge is -2.17. The van der Waals surface area contributed by atoms with Gasteiger partial charge in [-0.3, -0.25) is 4.79 Å². The molecule has 1 unspecified atom stereocenters. The lowest BCUT2D eigenvalue weighted by atomic mass is 10.1. The third kappa shape index (κ3) is 3.62. The topological polar surface area (TPSA) is 81.4 Å². The first kappa shape index (κ1) is 17.3. The Balaban J connectivity index is 1.61. The van der Waals surface area contributed by atoms with E-state index in [1.165, 1.54) is 6.33 Å². The van der Waals surface area contributed by atoms with Crippen LogP contribution in [-0.4, -0.2) is 45.1 Å². The highest BCUT2D eigenvalue weighted by atomic mass is 19.1. The van der Waals surface area contributed by atoms with Crippen LogP contribution < -0.4 is 4.74 Å². The second-order valence-electron chi connectivity index (χ2n) is 6.14. The van der Waals surface area contributed by atoms with Gasteiger partial charge in [0.2, 0.25) is 11.7 Å². The van der Waals surface area contributed by atoms with E-state index in [9.17, 15) is 9.18 Å². The van der Waals surface area contributed by atoms with Gasteiger partial charge in [0.25, 0.3) is 5.88 Å². The van der Waals surface area contributed by atoms with Crippen LogP contribution in [0.5, 0.6) is 5.88 Å². The van der Waals surface area contributed by atoms with Crippen molar-refractivity contribution in [1.82, 2.24) is 20.0 Å². The van der Waals surface area contributed by atoms with Crippen LogP contribution in [0.3, 0.4) is 0 Å². The second kappa shape index (κ2) is 7.16. The molecular weight excluding hydrogens is 327 g/mol. The third-order valence-corrected chi connectivity index (χ3v) is 4.45. The fourth-order valence-corrected chi connectivity index (χ4v) is 2.94. The summed E-state index contributed by atoms with van der Waals surface area (Å²) in [5.41, 5.74) is 1.88. The van der Waals surface area contributed by atoms with Crippen molar-refractivity contribution in [3.05, 3.63) is 34.9 Å². The van der Waals surface area contributed by atoms with Crippen molar-refractivity contribution in [2.45, 2.75) is 46.1 Å². The molecule has 1 saturated heterocycles. The minimum atomic E-state index is -0.523. The third-order valence-electron chi connectivity index (χ3n) is 4.45. The van der Waals surface area contributed by atoms with Gasteiger partial charge in [0.15, 0.2) is 0 Å². The first-order valence-corrected chi connectivity index (χ1v) is 8.35. The van der Waals surface area contributed by atoms with Gasteiger partial charge in [-0.1, -0.05) is 12.1 Å². The summed E-state index contributed by atoms with van der Waals surface area (Å²) in [7, 11) is 0. The number of hydrogen-bond donors (Lipinski definition) is 0. The number of nitrogens with zero attached hydrogens (tertiary/aromatic N) is 4. The largest absolute Gasteiger partial charge is 0.470 e. The molecule has 0 spiro atoms. The normalized spacial score (nSPS) is 17.1. The van der Waals surface area contributed by atoms with Crippen molar-refractivity contribution >= 4 is 5.91 Å². The molecule has 0 N–H and O–H groups in total. The van der Waals surface area contributed by atoms with Gasteiger partial charge < -0.3 is 14.2 Å². The van der Waals surface area contributed by atoms with Crippen LogP contribution in [0.15, 0.2) is 10.9 Å². The minimum absolute atomic E-state index is 0.0158. The van der Waals surface area contributed by atoms with E-state index < -0.39 is 5.82 Å². The zero-order valence-electron chi connectivity index (χ0n) is 14.6. The van der Waals surface area contributed by atoms with Crippen molar-refractivity contribution in [2.24, 2.45) is 0 Å². The first-order chi connectivity index (χ1) is 12.0. The molecule has 2 aromatic heterocycles. The van der Waals surface area contributed by atoms with Crippen LogP contribution in [0, 0.1) is 19.7 Å². The van der Waals surface area contributed by atoms with Crippen molar-refractivity contribution < 1.29 is 18.4 Å². The molecule has 0 radical (unpaired) electrons. The van der Waals surface area contributed by atoms with Crippen molar-refractivity contribution in [1.29, 1.82) is 0 Å². The molecule has 0 aliphatic carbocycles. The van der Waals surface area contributed by atoms with Gasteiger partial charge in [0, 0.05) is 18.5 Å². The number of carbonyl (C=O) groups is 1. The smallest absolute Gasteiger partial charge is 0.254 e. The Bertz CT molecular complexity index is 758. The van der Waals surface area contributed by atoms with E-state index in [0.29, 0.717) is 37.4 Å². The Kier molecular flexibility index (Phi) is 4.96. The molecule has 0 aromatic carbocycles. The van der Waals surface area contributed by atoms with Crippen molar-refractivity contribution in [2.75, 3.05) is 13.1 Å². The predicted molar refractivity (Wildman–Crippen MR) is 86.7 cm³/mol. The summed E-state index contributed by atoms with van der Waals surface area (Å²) in [6.45, 7) is 6.41. The lowest BCUT2D eigenvalue weighted by Crippen LogP contribution is -2.32. The molecule has 0 saturated carbocycles. The zero-order chi connectivity index (χ0) is 18.0. The van der Waals surface area contributed by atoms with Gasteiger partial charge in [-0.15, -0.1) is 0 Å². The van der Waals surface area contributed by atoms with Crippen LogP contribution >= 0.6 is 0 Å². The van der Waals surface area contributed by atoms with Gasteiger partial charge in [0.1, 0.15) is 18.2 Å². The summed E-state index contributed by atoms with van der Waals surface area (Å²) < 4.78 is 24.9. The number of carbonyl (C=O) groups excluding carboxylic acids is 1. The summed E-state index contributed by atoms with van der Waals surface area (Å²) >= 11 is 0. The van der Waals surface area contributed by atoms with E-state index in [2.05, 4.69) is 15.1 Å². The molecule has 0 bridgehead atoms. The molecule has 134 valence electrons. The molecule has 1 aliphatic heterocycles. The number of hydrogen-bond acceptors (Lipinski definition) is 6. The summed E-state index contributed by atoms with van der Waals surface area (Å²) in [5, 5.41) is 3.87. The number of ether oxygens (including phenoxy) is 1. The molecule has 2 aromatic rings. The van der Waals surface area contributed by atoms with E-state index in [4.69, 9.17) is 9.26 Å². The van der Waals surface area contributed by atoms with E-state index in [-0.39, 0.29) is 24.3 Å². The van der Waals surface area contributed by atoms with Crippen LogP contribution in [0.25, 0.3) is 0 Å². The molecule has 1 atom stereocenters. The fraction of sp³-hybridized carbons (Fsp3) is 0.529. The van der Waals surface area contributed by atoms with E-state index in [0.717, 1.165) is 11.3 Å². The zero-order valence-corrected chi connectivity index (χ0v) is 14.6. The summed E-state index contributed by atoms with van der Waals surface area (Å²) in [6, 6.07) is 0. The standard InChI is InChI=1S/C17H21FN4O3/c1-4-14-16(18)17(20-9-19-14)24-12-5-6-22(8-12)15(23)7-13-10(2)21-25-11(13)3/h9,12H,4-8H2,1-3H3. The molecule has 7 nitrogen and oxygen atoms in total. The second-order valence-corrected chi connectivity index (χ2v) is 6.14. The number of halogens is 1. The fourth-order valence-electron chi connectivity index (χ4n) is 2.94. The first-order valence-electron chi connectivity index (χ1n) is 8.35. The van der Waals surface area contributed by atoms with Gasteiger partial charge >= 0.3 is 0 Å². The summed E-state index contributed by atoms with van der Waals surface area (Å²) in [5.74, 6) is 0.0771. The average Bonchev–Trinajstić information content (AvgIpc) is 3.19. The van der Waals surface area contributed by atoms with Crippen LogP contribution in [-0.2, 0) is 17.6 Å². The SMILES string of the molecule is CCc1ncnc(OC2CCN(C(=O)Cc3c(C)noc3C)C2)c1F. The number of amides is 1. The number of rotatable bonds is 5. The Morgan fingerprint density at radius 1 is 1.44 bits per heavy atom. The molecule has 3 heterocycles. The predicted octanol–water partition coefficient (Wildman–Crippen LogP) is 2.01. The molecule has 1 amide bonds. The molecule has 3 rings (SSSR count). The van der Waals surface area contributed by atoms with Gasteiger partial charge in [-0.25, -0.2) is 4.98 Å². The Labute approximate surface area is 145 Å². The quantitative estimate of drug-likeness (QED) is 0.822. The maximum atomic E-state index is 14.2. The molecule has 8 heteroatoms. The van der Waals surface area contributed by atoms with Crippen molar-refractivity contribution in [3.8, 4) is 5.88 Å². The average molecular weight is 348 g/mol. The summed E-state index contributed by atoms with van der Waals surface area (Å²) in [6.07, 6.45) is 2.38. The molecule has 25 heavy (non-hydrogen) atoms. The molecule has 1 fully saturated rings. The Hall–Kier alpha value is -2.51. The highest BCUT2D eigenvalue weighted by Gasteiger charge is 2.29. The van der Waals surface area contributed by atoms with Crippen molar-refractivity contribution in [3.63, 3.8) is 0 Å².